The number of carboxylic acid groups (broad SMARTS) is 1. The van der Waals surface area contributed by atoms with Gasteiger partial charge in [-0.25, -0.2) is 23.5 Å². The van der Waals surface area contributed by atoms with E-state index in [1.807, 2.05) is 31.2 Å². The minimum absolute atomic E-state index is 0.00226. The van der Waals surface area contributed by atoms with E-state index in [9.17, 15) is 28.3 Å². The number of piperidine rings is 1. The molecular formula is C38H37ClF2N6O5. The van der Waals surface area contributed by atoms with Gasteiger partial charge >= 0.3 is 11.7 Å². The van der Waals surface area contributed by atoms with Crippen LogP contribution in [0.4, 0.5) is 20.3 Å². The summed E-state index contributed by atoms with van der Waals surface area (Å²) in [5.74, 6) is -0.622. The van der Waals surface area contributed by atoms with Gasteiger partial charge in [-0.2, -0.15) is 0 Å². The number of aliphatic carboxylic acids is 1. The van der Waals surface area contributed by atoms with Crippen molar-refractivity contribution in [1.82, 2.24) is 24.0 Å². The summed E-state index contributed by atoms with van der Waals surface area (Å²) >= 11 is 7.17. The molecule has 0 spiro atoms. The molecule has 1 saturated heterocycles. The monoisotopic (exact) mass is 730 g/mol. The van der Waals surface area contributed by atoms with Gasteiger partial charge in [-0.1, -0.05) is 41.9 Å². The molecule has 11 nitrogen and oxygen atoms in total. The second kappa shape index (κ2) is 13.8. The SMILES string of the molecule is COc1nc(-c2cccc(-c3cccc(Nc4nc(C(F)F)cc5c4c(=O)n(C)c(=O)n5C)c3C)c2Cl)cc2c1[C@@H](N1CCC(C(=O)O)CC1)CC2. The summed E-state index contributed by atoms with van der Waals surface area (Å²) in [7, 11) is 4.34. The van der Waals surface area contributed by atoms with Crippen LogP contribution in [0.5, 0.6) is 5.88 Å². The van der Waals surface area contributed by atoms with Gasteiger partial charge in [-0.15, -0.1) is 0 Å². The van der Waals surface area contributed by atoms with Crippen molar-refractivity contribution in [3.8, 4) is 28.3 Å². The number of pyridine rings is 2. The lowest BCUT2D eigenvalue weighted by molar-refractivity contribution is -0.143. The largest absolute Gasteiger partial charge is 0.481 e. The minimum atomic E-state index is -2.94. The first-order valence-electron chi connectivity index (χ1n) is 17.0. The number of aromatic nitrogens is 4. The number of anilines is 2. The van der Waals surface area contributed by atoms with Gasteiger partial charge in [0.05, 0.1) is 29.3 Å². The van der Waals surface area contributed by atoms with E-state index in [-0.39, 0.29) is 28.7 Å². The number of carboxylic acids is 1. The van der Waals surface area contributed by atoms with Crippen LogP contribution < -0.4 is 21.3 Å². The van der Waals surface area contributed by atoms with Crippen LogP contribution in [-0.4, -0.2) is 55.3 Å². The number of hydrogen-bond donors (Lipinski definition) is 2. The predicted octanol–water partition coefficient (Wildman–Crippen LogP) is 6.80. The number of benzene rings is 2. The summed E-state index contributed by atoms with van der Waals surface area (Å²) in [4.78, 5) is 48.8. The van der Waals surface area contributed by atoms with Gasteiger partial charge in [0, 0.05) is 42.5 Å². The number of hydrogen-bond acceptors (Lipinski definition) is 8. The fraction of sp³-hybridized carbons (Fsp3) is 0.342. The molecule has 0 bridgehead atoms. The Morgan fingerprint density at radius 1 is 1.00 bits per heavy atom. The van der Waals surface area contributed by atoms with Crippen molar-refractivity contribution >= 4 is 40.0 Å². The van der Waals surface area contributed by atoms with E-state index in [2.05, 4.69) is 21.3 Å². The van der Waals surface area contributed by atoms with Crippen LogP contribution in [0.2, 0.25) is 5.02 Å². The van der Waals surface area contributed by atoms with Crippen LogP contribution in [0.3, 0.4) is 0 Å². The van der Waals surface area contributed by atoms with E-state index in [4.69, 9.17) is 21.3 Å². The third kappa shape index (κ3) is 6.01. The summed E-state index contributed by atoms with van der Waals surface area (Å²) < 4.78 is 35.8. The molecule has 1 fully saturated rings. The van der Waals surface area contributed by atoms with Gasteiger partial charge in [-0.3, -0.25) is 23.6 Å². The van der Waals surface area contributed by atoms with Gasteiger partial charge in [0.25, 0.3) is 12.0 Å². The number of fused-ring (bicyclic) bond motifs is 2. The molecule has 2 N–H and O–H groups in total. The number of alkyl halides is 2. The van der Waals surface area contributed by atoms with E-state index in [0.29, 0.717) is 59.3 Å². The maximum atomic E-state index is 14.0. The van der Waals surface area contributed by atoms with Crippen molar-refractivity contribution in [2.75, 3.05) is 25.5 Å². The third-order valence-corrected chi connectivity index (χ3v) is 10.9. The van der Waals surface area contributed by atoms with E-state index in [1.54, 1.807) is 19.2 Å². The molecule has 52 heavy (non-hydrogen) atoms. The van der Waals surface area contributed by atoms with Crippen molar-refractivity contribution in [3.05, 3.63) is 96.8 Å². The molecule has 0 unspecified atom stereocenters. The Bertz CT molecular complexity index is 2370. The van der Waals surface area contributed by atoms with Crippen LogP contribution in [-0.2, 0) is 25.3 Å². The van der Waals surface area contributed by atoms with Crippen LogP contribution in [0, 0.1) is 12.8 Å². The highest BCUT2D eigenvalue weighted by atomic mass is 35.5. The molecule has 0 saturated carbocycles. The first kappa shape index (κ1) is 35.3. The quantitative estimate of drug-likeness (QED) is 0.177. The molecule has 2 aliphatic rings. The Hall–Kier alpha value is -5.14. The normalized spacial score (nSPS) is 16.4. The van der Waals surface area contributed by atoms with Crippen LogP contribution in [0.15, 0.2) is 58.1 Å². The molecule has 1 atom stereocenters. The summed E-state index contributed by atoms with van der Waals surface area (Å²) in [5, 5.41) is 13.0. The molecule has 3 aromatic heterocycles. The minimum Gasteiger partial charge on any atom is -0.481 e. The molecule has 0 radical (unpaired) electrons. The maximum Gasteiger partial charge on any atom is 0.330 e. The standard InChI is InChI=1S/C38H37ClF2N6O5/c1-19-22(7-6-10-25(19)42-34-31-29(18-27(43-34)33(40)41)45(2)38(51)46(3)36(31)48)23-8-5-9-24(32(23)39)26-17-21-11-12-28(30(21)35(44-26)52-4)47-15-13-20(14-16-47)37(49)50/h5-10,17-18,20,28,33H,11-16H2,1-4H3,(H,42,43)(H,49,50)/t28-/m0/s1. The van der Waals surface area contributed by atoms with Crippen molar-refractivity contribution in [3.63, 3.8) is 0 Å². The molecule has 5 aromatic rings. The molecule has 1 aliphatic carbocycles. The Balaban J connectivity index is 1.25. The van der Waals surface area contributed by atoms with Crippen molar-refractivity contribution < 1.29 is 23.4 Å². The summed E-state index contributed by atoms with van der Waals surface area (Å²) in [6, 6.07) is 14.3. The molecule has 4 heterocycles. The van der Waals surface area contributed by atoms with E-state index in [1.165, 1.54) is 14.1 Å². The Morgan fingerprint density at radius 2 is 1.69 bits per heavy atom. The van der Waals surface area contributed by atoms with Gasteiger partial charge in [0.2, 0.25) is 5.88 Å². The number of likely N-dealkylation sites (tertiary alicyclic amines) is 1. The highest BCUT2D eigenvalue weighted by Crippen LogP contribution is 2.45. The van der Waals surface area contributed by atoms with Crippen molar-refractivity contribution in [2.24, 2.45) is 20.0 Å². The first-order valence-corrected chi connectivity index (χ1v) is 17.4. The van der Waals surface area contributed by atoms with Gasteiger partial charge in [-0.05, 0) is 80.6 Å². The maximum absolute atomic E-state index is 14.0. The van der Waals surface area contributed by atoms with E-state index in [0.717, 1.165) is 50.3 Å². The number of carbonyl (C=O) groups is 1. The fourth-order valence-electron chi connectivity index (χ4n) is 7.64. The zero-order chi connectivity index (χ0) is 37.0. The van der Waals surface area contributed by atoms with Crippen LogP contribution >= 0.6 is 11.6 Å². The van der Waals surface area contributed by atoms with Gasteiger partial charge in [0.1, 0.15) is 16.9 Å². The zero-order valence-electron chi connectivity index (χ0n) is 29.0. The number of ether oxygens (including phenoxy) is 1. The number of nitrogens with zero attached hydrogens (tertiary/aromatic N) is 5. The second-order valence-electron chi connectivity index (χ2n) is 13.4. The van der Waals surface area contributed by atoms with Gasteiger partial charge < -0.3 is 15.2 Å². The number of aryl methyl sites for hydroxylation is 2. The summed E-state index contributed by atoms with van der Waals surface area (Å²) in [6.45, 7) is 3.25. The molecule has 1 aliphatic heterocycles. The average molecular weight is 731 g/mol. The number of methoxy groups -OCH3 is 1. The Labute approximate surface area is 302 Å². The van der Waals surface area contributed by atoms with Crippen molar-refractivity contribution in [2.45, 2.75) is 45.1 Å². The lowest BCUT2D eigenvalue weighted by atomic mass is 9.94. The zero-order valence-corrected chi connectivity index (χ0v) is 29.8. The summed E-state index contributed by atoms with van der Waals surface area (Å²) in [6.07, 6.45) is -0.00761. The van der Waals surface area contributed by atoms with Crippen LogP contribution in [0.25, 0.3) is 33.3 Å². The number of nitrogens with one attached hydrogen (secondary N) is 1. The smallest absolute Gasteiger partial charge is 0.330 e. The predicted molar refractivity (Wildman–Crippen MR) is 195 cm³/mol. The van der Waals surface area contributed by atoms with E-state index >= 15 is 0 Å². The Morgan fingerprint density at radius 3 is 2.38 bits per heavy atom. The first-order chi connectivity index (χ1) is 24.9. The topological polar surface area (TPSA) is 132 Å². The molecule has 14 heteroatoms. The fourth-order valence-corrected chi connectivity index (χ4v) is 7.96. The van der Waals surface area contributed by atoms with E-state index < -0.39 is 29.3 Å². The molecular weight excluding hydrogens is 694 g/mol. The van der Waals surface area contributed by atoms with Gasteiger partial charge in [0.15, 0.2) is 0 Å². The molecule has 2 aromatic carbocycles. The lowest BCUT2D eigenvalue weighted by Crippen LogP contribution is -2.38. The van der Waals surface area contributed by atoms with Crippen LogP contribution in [0.1, 0.15) is 54.1 Å². The third-order valence-electron chi connectivity index (χ3n) is 10.5. The highest BCUT2D eigenvalue weighted by molar-refractivity contribution is 6.36. The molecule has 0 amide bonds. The molecule has 7 rings (SSSR count). The summed E-state index contributed by atoms with van der Waals surface area (Å²) in [5.41, 5.74) is 4.35. The molecule has 270 valence electrons. The highest BCUT2D eigenvalue weighted by Gasteiger charge is 2.36. The van der Waals surface area contributed by atoms with Crippen molar-refractivity contribution in [1.29, 1.82) is 0 Å². The Kier molecular flexibility index (Phi) is 9.34. The average Bonchev–Trinajstić information content (AvgIpc) is 3.57. The number of rotatable bonds is 8. The lowest BCUT2D eigenvalue weighted by Gasteiger charge is -2.35. The number of halogens is 3. The second-order valence-corrected chi connectivity index (χ2v) is 13.7.